The van der Waals surface area contributed by atoms with E-state index in [1.807, 2.05) is 33.8 Å². The van der Waals surface area contributed by atoms with Gasteiger partial charge in [0.05, 0.1) is 0 Å². The normalized spacial score (nSPS) is 9.71. The van der Waals surface area contributed by atoms with Gasteiger partial charge in [0, 0.05) is 5.56 Å². The number of hydrogen-bond acceptors (Lipinski definition) is 2. The maximum absolute atomic E-state index is 13.6. The van der Waals surface area contributed by atoms with E-state index < -0.39 is 0 Å². The van der Waals surface area contributed by atoms with E-state index in [4.69, 9.17) is 0 Å². The summed E-state index contributed by atoms with van der Waals surface area (Å²) in [6.45, 7) is 7.79. The van der Waals surface area contributed by atoms with E-state index in [2.05, 4.69) is 15.2 Å². The second-order valence-corrected chi connectivity index (χ2v) is 3.46. The molecule has 1 aromatic heterocycles. The number of benzene rings is 1. The molecule has 1 heterocycles. The monoisotopic (exact) mass is 235 g/mol. The first-order valence-corrected chi connectivity index (χ1v) is 5.87. The highest BCUT2D eigenvalue weighted by Gasteiger charge is 2.11. The average Bonchev–Trinajstić information content (AvgIpc) is 2.84. The molecule has 92 valence electrons. The summed E-state index contributed by atoms with van der Waals surface area (Å²) in [6, 6.07) is 3.46. The van der Waals surface area contributed by atoms with E-state index >= 15 is 0 Å². The Morgan fingerprint density at radius 1 is 1.29 bits per heavy atom. The zero-order chi connectivity index (χ0) is 12.8. The molecule has 0 fully saturated rings. The highest BCUT2D eigenvalue weighted by molar-refractivity contribution is 5.61. The molecule has 4 heteroatoms. The molecule has 2 rings (SSSR count). The molecule has 0 saturated carbocycles. The van der Waals surface area contributed by atoms with Gasteiger partial charge < -0.3 is 0 Å². The van der Waals surface area contributed by atoms with Crippen LogP contribution in [-0.4, -0.2) is 15.2 Å². The zero-order valence-corrected chi connectivity index (χ0v) is 10.7. The zero-order valence-electron chi connectivity index (χ0n) is 10.7. The lowest BCUT2D eigenvalue weighted by molar-refractivity contribution is 0.611. The van der Waals surface area contributed by atoms with Gasteiger partial charge in [-0.05, 0) is 36.6 Å². The fraction of sp³-hybridized carbons (Fsp3) is 0.385. The molecule has 0 amide bonds. The van der Waals surface area contributed by atoms with E-state index in [9.17, 15) is 4.39 Å². The summed E-state index contributed by atoms with van der Waals surface area (Å²) in [4.78, 5) is 4.04. The van der Waals surface area contributed by atoms with Crippen LogP contribution >= 0.6 is 0 Å². The van der Waals surface area contributed by atoms with Crippen LogP contribution in [0, 0.1) is 12.7 Å². The van der Waals surface area contributed by atoms with Crippen LogP contribution in [0.2, 0.25) is 0 Å². The van der Waals surface area contributed by atoms with Crippen molar-refractivity contribution in [1.29, 1.82) is 0 Å². The molecule has 0 saturated heterocycles. The van der Waals surface area contributed by atoms with Crippen LogP contribution in [0.25, 0.3) is 11.4 Å². The standard InChI is InChI=1S/C11H12FN3.C2H6/c1-3-8-9(11-13-6-14-15-11)4-7(2)5-10(8)12;1-2/h4-6H,3H2,1-2H3,(H,13,14,15);1-2H3. The number of rotatable bonds is 2. The largest absolute Gasteiger partial charge is 0.259 e. The van der Waals surface area contributed by atoms with Crippen molar-refractivity contribution in [2.45, 2.75) is 34.1 Å². The van der Waals surface area contributed by atoms with Crippen LogP contribution in [0.3, 0.4) is 0 Å². The van der Waals surface area contributed by atoms with E-state index in [0.29, 0.717) is 17.8 Å². The van der Waals surface area contributed by atoms with E-state index in [1.54, 1.807) is 6.07 Å². The molecule has 0 radical (unpaired) electrons. The molecule has 0 unspecified atom stereocenters. The number of nitrogens with zero attached hydrogens (tertiary/aromatic N) is 2. The van der Waals surface area contributed by atoms with E-state index in [0.717, 1.165) is 11.1 Å². The Hall–Kier alpha value is -1.71. The molecule has 0 atom stereocenters. The van der Waals surface area contributed by atoms with E-state index in [1.165, 1.54) is 6.33 Å². The maximum atomic E-state index is 13.6. The van der Waals surface area contributed by atoms with Crippen LogP contribution in [0.15, 0.2) is 18.5 Å². The van der Waals surface area contributed by atoms with Gasteiger partial charge in [0.2, 0.25) is 0 Å². The van der Waals surface area contributed by atoms with Gasteiger partial charge in [0.25, 0.3) is 0 Å². The van der Waals surface area contributed by atoms with Crippen molar-refractivity contribution in [3.8, 4) is 11.4 Å². The molecule has 2 aromatic rings. The summed E-state index contributed by atoms with van der Waals surface area (Å²) in [6.07, 6.45) is 2.07. The van der Waals surface area contributed by atoms with Crippen LogP contribution in [-0.2, 0) is 6.42 Å². The number of H-pyrrole nitrogens is 1. The van der Waals surface area contributed by atoms with Crippen LogP contribution in [0.4, 0.5) is 4.39 Å². The Morgan fingerprint density at radius 2 is 2.00 bits per heavy atom. The van der Waals surface area contributed by atoms with Gasteiger partial charge in [-0.2, -0.15) is 5.10 Å². The fourth-order valence-corrected chi connectivity index (χ4v) is 1.68. The second-order valence-electron chi connectivity index (χ2n) is 3.46. The van der Waals surface area contributed by atoms with Crippen molar-refractivity contribution < 1.29 is 4.39 Å². The van der Waals surface area contributed by atoms with Crippen molar-refractivity contribution in [3.63, 3.8) is 0 Å². The van der Waals surface area contributed by atoms with Gasteiger partial charge in [0.1, 0.15) is 12.1 Å². The highest BCUT2D eigenvalue weighted by atomic mass is 19.1. The predicted molar refractivity (Wildman–Crippen MR) is 67.2 cm³/mol. The number of aromatic nitrogens is 3. The second kappa shape index (κ2) is 6.13. The number of hydrogen-bond donors (Lipinski definition) is 1. The Labute approximate surface area is 101 Å². The van der Waals surface area contributed by atoms with Gasteiger partial charge in [-0.15, -0.1) is 0 Å². The van der Waals surface area contributed by atoms with Crippen molar-refractivity contribution >= 4 is 0 Å². The topological polar surface area (TPSA) is 41.6 Å². The minimum Gasteiger partial charge on any atom is -0.259 e. The highest BCUT2D eigenvalue weighted by Crippen LogP contribution is 2.24. The summed E-state index contributed by atoms with van der Waals surface area (Å²) >= 11 is 0. The van der Waals surface area contributed by atoms with Crippen LogP contribution < -0.4 is 0 Å². The number of aromatic amines is 1. The van der Waals surface area contributed by atoms with Crippen molar-refractivity contribution in [3.05, 3.63) is 35.4 Å². The van der Waals surface area contributed by atoms with Crippen molar-refractivity contribution in [2.75, 3.05) is 0 Å². The molecule has 0 aliphatic rings. The Balaban J connectivity index is 0.000000686. The molecule has 1 aromatic carbocycles. The van der Waals surface area contributed by atoms with Gasteiger partial charge in [-0.1, -0.05) is 20.8 Å². The molecule has 1 N–H and O–H groups in total. The fourth-order valence-electron chi connectivity index (χ4n) is 1.68. The van der Waals surface area contributed by atoms with Crippen LogP contribution in [0.1, 0.15) is 31.9 Å². The first-order chi connectivity index (χ1) is 8.22. The Kier molecular flexibility index (Phi) is 4.82. The maximum Gasteiger partial charge on any atom is 0.155 e. The lowest BCUT2D eigenvalue weighted by Crippen LogP contribution is -1.95. The smallest absolute Gasteiger partial charge is 0.155 e. The predicted octanol–water partition coefficient (Wildman–Crippen LogP) is 3.51. The molecule has 0 spiro atoms. The SMILES string of the molecule is CC.CCc1c(F)cc(C)cc1-c1ncn[nH]1. The summed E-state index contributed by atoms with van der Waals surface area (Å²) in [5.41, 5.74) is 2.36. The first-order valence-electron chi connectivity index (χ1n) is 5.87. The third-order valence-corrected chi connectivity index (χ3v) is 2.36. The Morgan fingerprint density at radius 3 is 2.53 bits per heavy atom. The number of aryl methyl sites for hydroxylation is 1. The first kappa shape index (κ1) is 13.4. The van der Waals surface area contributed by atoms with Gasteiger partial charge >= 0.3 is 0 Å². The lowest BCUT2D eigenvalue weighted by atomic mass is 10.0. The van der Waals surface area contributed by atoms with Gasteiger partial charge in [0.15, 0.2) is 5.82 Å². The van der Waals surface area contributed by atoms with Gasteiger partial charge in [-0.3, -0.25) is 5.10 Å². The number of halogens is 1. The molecule has 0 aliphatic heterocycles. The molecular weight excluding hydrogens is 217 g/mol. The summed E-state index contributed by atoms with van der Waals surface area (Å²) in [5.74, 6) is 0.443. The molecular formula is C13H18FN3. The molecule has 17 heavy (non-hydrogen) atoms. The third-order valence-electron chi connectivity index (χ3n) is 2.36. The minimum absolute atomic E-state index is 0.177. The average molecular weight is 235 g/mol. The summed E-state index contributed by atoms with van der Waals surface area (Å²) < 4.78 is 13.6. The summed E-state index contributed by atoms with van der Waals surface area (Å²) in [7, 11) is 0. The Bertz CT molecular complexity index is 464. The quantitative estimate of drug-likeness (QED) is 0.865. The lowest BCUT2D eigenvalue weighted by Gasteiger charge is -2.07. The molecule has 3 nitrogen and oxygen atoms in total. The number of nitrogens with one attached hydrogen (secondary N) is 1. The summed E-state index contributed by atoms with van der Waals surface area (Å²) in [5, 5.41) is 6.53. The van der Waals surface area contributed by atoms with Crippen LogP contribution in [0.5, 0.6) is 0 Å². The van der Waals surface area contributed by atoms with E-state index in [-0.39, 0.29) is 5.82 Å². The third kappa shape index (κ3) is 2.90. The molecule has 0 aliphatic carbocycles. The van der Waals surface area contributed by atoms with Crippen molar-refractivity contribution in [2.24, 2.45) is 0 Å². The minimum atomic E-state index is -0.177. The molecule has 0 bridgehead atoms. The van der Waals surface area contributed by atoms with Crippen molar-refractivity contribution in [1.82, 2.24) is 15.2 Å². The van der Waals surface area contributed by atoms with Gasteiger partial charge in [-0.25, -0.2) is 9.37 Å².